The molecule has 13 heteroatoms. The summed E-state index contributed by atoms with van der Waals surface area (Å²) in [5.41, 5.74) is 7.36. The van der Waals surface area contributed by atoms with Gasteiger partial charge in [0.05, 0.1) is 6.61 Å². The first-order valence-electron chi connectivity index (χ1n) is 13.2. The van der Waals surface area contributed by atoms with Gasteiger partial charge in [-0.25, -0.2) is 18.0 Å². The predicted molar refractivity (Wildman–Crippen MR) is 149 cm³/mol. The molecule has 0 bridgehead atoms. The molecule has 1 fully saturated rings. The molecule has 224 valence electrons. The van der Waals surface area contributed by atoms with Gasteiger partial charge in [-0.1, -0.05) is 26.0 Å². The van der Waals surface area contributed by atoms with Crippen LogP contribution in [-0.4, -0.2) is 70.8 Å². The van der Waals surface area contributed by atoms with Crippen molar-refractivity contribution < 1.29 is 37.4 Å². The number of ether oxygens (including phenoxy) is 1. The van der Waals surface area contributed by atoms with E-state index in [0.717, 1.165) is 11.6 Å². The lowest BCUT2D eigenvalue weighted by Crippen LogP contribution is -2.46. The predicted octanol–water partition coefficient (Wildman–Crippen LogP) is 2.55. The number of aliphatic hydroxyl groups excluding tert-OH is 1. The number of hydrogen-bond acceptors (Lipinski definition) is 8. The Balaban J connectivity index is 1.51. The van der Waals surface area contributed by atoms with E-state index in [1.807, 2.05) is 13.8 Å². The number of benzene rings is 2. The van der Waals surface area contributed by atoms with E-state index in [0.29, 0.717) is 24.1 Å². The molecule has 9 nitrogen and oxygen atoms in total. The van der Waals surface area contributed by atoms with Crippen LogP contribution >= 0.6 is 11.8 Å². The lowest BCUT2D eigenvalue weighted by molar-refractivity contribution is -0.146. The molecule has 1 saturated heterocycles. The Bertz CT molecular complexity index is 1220. The maximum absolute atomic E-state index is 14.0. The maximum atomic E-state index is 14.0. The molecule has 0 unspecified atom stereocenters. The van der Waals surface area contributed by atoms with Crippen molar-refractivity contribution in [1.29, 1.82) is 0 Å². The molecule has 5 N–H and O–H groups in total. The van der Waals surface area contributed by atoms with Crippen LogP contribution in [0.2, 0.25) is 0 Å². The zero-order valence-electron chi connectivity index (χ0n) is 22.9. The largest absolute Gasteiger partial charge is 0.462 e. The number of nitrogens with one attached hydrogen (secondary N) is 2. The van der Waals surface area contributed by atoms with E-state index < -0.39 is 46.8 Å². The van der Waals surface area contributed by atoms with Crippen molar-refractivity contribution in [2.75, 3.05) is 30.8 Å². The second-order valence-electron chi connectivity index (χ2n) is 10.0. The van der Waals surface area contributed by atoms with Crippen LogP contribution in [0, 0.1) is 23.4 Å². The Morgan fingerprint density at radius 3 is 2.46 bits per heavy atom. The highest BCUT2D eigenvalue weighted by Gasteiger charge is 2.35. The van der Waals surface area contributed by atoms with E-state index in [-0.39, 0.29) is 50.0 Å². The quantitative estimate of drug-likeness (QED) is 0.205. The van der Waals surface area contributed by atoms with Gasteiger partial charge >= 0.3 is 5.97 Å². The highest BCUT2D eigenvalue weighted by atomic mass is 32.2. The van der Waals surface area contributed by atoms with Crippen molar-refractivity contribution in [3.05, 3.63) is 65.0 Å². The maximum Gasteiger partial charge on any atom is 0.328 e. The van der Waals surface area contributed by atoms with Gasteiger partial charge < -0.3 is 31.1 Å². The molecule has 0 aliphatic carbocycles. The first-order valence-corrected chi connectivity index (χ1v) is 14.3. The summed E-state index contributed by atoms with van der Waals surface area (Å²) >= 11 is 1.31. The summed E-state index contributed by atoms with van der Waals surface area (Å²) < 4.78 is 45.7. The zero-order chi connectivity index (χ0) is 30.1. The minimum absolute atomic E-state index is 0.0589. The van der Waals surface area contributed by atoms with Crippen LogP contribution in [0.4, 0.5) is 18.9 Å². The molecule has 0 radical (unpaired) electrons. The van der Waals surface area contributed by atoms with Gasteiger partial charge in [0.1, 0.15) is 18.5 Å². The van der Waals surface area contributed by atoms with Crippen LogP contribution in [0.25, 0.3) is 0 Å². The number of rotatable bonds is 13. The monoisotopic (exact) mass is 596 g/mol. The standard InChI is InChI=1S/C28H35F3N4O5S/c1-16(2)25(28(39)40-9-8-36)34-20-5-3-17(4-6-20)15-33-26(38)27-35(7-10-41-27)24(37)13-19(32)11-18-12-22(30)23(31)14-21(18)29/h3-6,12,14,16,19,25,27,34,36H,7-11,13,15,32H2,1-2H3,(H,33,38)/t19-,25-,27+/m1/s1. The van der Waals surface area contributed by atoms with Crippen molar-refractivity contribution >= 4 is 35.2 Å². The minimum Gasteiger partial charge on any atom is -0.462 e. The second-order valence-corrected chi connectivity index (χ2v) is 11.2. The molecule has 41 heavy (non-hydrogen) atoms. The summed E-state index contributed by atoms with van der Waals surface area (Å²) in [4.78, 5) is 39.5. The Morgan fingerprint density at radius 1 is 1.12 bits per heavy atom. The summed E-state index contributed by atoms with van der Waals surface area (Å²) in [5.74, 6) is -4.15. The average molecular weight is 597 g/mol. The van der Waals surface area contributed by atoms with Gasteiger partial charge in [-0.2, -0.15) is 0 Å². The summed E-state index contributed by atoms with van der Waals surface area (Å²) in [6.45, 7) is 3.96. The Labute approximate surface area is 241 Å². The molecular formula is C28H35F3N4O5S. The number of amides is 2. The highest BCUT2D eigenvalue weighted by Crippen LogP contribution is 2.26. The molecule has 1 heterocycles. The molecule has 0 spiro atoms. The van der Waals surface area contributed by atoms with E-state index in [9.17, 15) is 27.6 Å². The van der Waals surface area contributed by atoms with Crippen molar-refractivity contribution in [3.63, 3.8) is 0 Å². The third-order valence-corrected chi connectivity index (χ3v) is 7.65. The minimum atomic E-state index is -1.30. The molecule has 3 rings (SSSR count). The molecule has 2 aromatic rings. The SMILES string of the molecule is CC(C)[C@@H](Nc1ccc(CNC(=O)[C@@H]2SCCN2C(=O)C[C@H](N)Cc2cc(F)c(F)cc2F)cc1)C(=O)OCCO. The average Bonchev–Trinajstić information content (AvgIpc) is 3.43. The second kappa shape index (κ2) is 15.1. The molecule has 2 amide bonds. The Morgan fingerprint density at radius 2 is 1.80 bits per heavy atom. The first kappa shape index (κ1) is 32.2. The number of nitrogens with zero attached hydrogens (tertiary/aromatic N) is 1. The van der Waals surface area contributed by atoms with E-state index in [4.69, 9.17) is 15.6 Å². The van der Waals surface area contributed by atoms with E-state index in [1.54, 1.807) is 24.3 Å². The van der Waals surface area contributed by atoms with Gasteiger partial charge in [-0.05, 0) is 41.7 Å². The van der Waals surface area contributed by atoms with E-state index >= 15 is 0 Å². The van der Waals surface area contributed by atoms with Gasteiger partial charge in [0.15, 0.2) is 17.0 Å². The van der Waals surface area contributed by atoms with Gasteiger partial charge in [-0.3, -0.25) is 9.59 Å². The number of carbonyl (C=O) groups excluding carboxylic acids is 3. The number of esters is 1. The normalized spacial score (nSPS) is 16.4. The van der Waals surface area contributed by atoms with E-state index in [1.165, 1.54) is 16.7 Å². The molecule has 0 saturated carbocycles. The summed E-state index contributed by atoms with van der Waals surface area (Å²) in [5, 5.41) is 14.1. The lowest BCUT2D eigenvalue weighted by Gasteiger charge is -2.24. The van der Waals surface area contributed by atoms with Gasteiger partial charge in [0.25, 0.3) is 5.91 Å². The number of hydrogen-bond donors (Lipinski definition) is 4. The van der Waals surface area contributed by atoms with Gasteiger partial charge in [0.2, 0.25) is 5.91 Å². The molecule has 3 atom stereocenters. The van der Waals surface area contributed by atoms with Crippen molar-refractivity contribution in [1.82, 2.24) is 10.2 Å². The third-order valence-electron chi connectivity index (χ3n) is 6.44. The third kappa shape index (κ3) is 9.10. The molecule has 2 aromatic carbocycles. The summed E-state index contributed by atoms with van der Waals surface area (Å²) in [6.07, 6.45) is -0.360. The first-order chi connectivity index (χ1) is 19.5. The van der Waals surface area contributed by atoms with Crippen LogP contribution in [0.3, 0.4) is 0 Å². The molecule has 1 aliphatic rings. The molecule has 0 aromatic heterocycles. The fraction of sp³-hybridized carbons (Fsp3) is 0.464. The zero-order valence-corrected chi connectivity index (χ0v) is 23.7. The van der Waals surface area contributed by atoms with Crippen LogP contribution in [0.1, 0.15) is 31.4 Å². The van der Waals surface area contributed by atoms with Crippen molar-refractivity contribution in [2.45, 2.75) is 50.7 Å². The number of nitrogens with two attached hydrogens (primary N) is 1. The number of halogens is 3. The van der Waals surface area contributed by atoms with Crippen LogP contribution in [0.15, 0.2) is 36.4 Å². The number of aliphatic hydroxyl groups is 1. The topological polar surface area (TPSA) is 134 Å². The van der Waals surface area contributed by atoms with Crippen LogP contribution in [0.5, 0.6) is 0 Å². The van der Waals surface area contributed by atoms with Gasteiger partial charge in [-0.15, -0.1) is 11.8 Å². The Hall–Kier alpha value is -3.29. The lowest BCUT2D eigenvalue weighted by atomic mass is 10.0. The number of thioether (sulfide) groups is 1. The fourth-order valence-corrected chi connectivity index (χ4v) is 5.43. The summed E-state index contributed by atoms with van der Waals surface area (Å²) in [6, 6.07) is 6.85. The van der Waals surface area contributed by atoms with Crippen LogP contribution < -0.4 is 16.4 Å². The Kier molecular flexibility index (Phi) is 11.9. The highest BCUT2D eigenvalue weighted by molar-refractivity contribution is 8.00. The van der Waals surface area contributed by atoms with Gasteiger partial charge in [0, 0.05) is 43.1 Å². The summed E-state index contributed by atoms with van der Waals surface area (Å²) in [7, 11) is 0. The van der Waals surface area contributed by atoms with Crippen molar-refractivity contribution in [2.24, 2.45) is 11.7 Å². The van der Waals surface area contributed by atoms with Crippen molar-refractivity contribution in [3.8, 4) is 0 Å². The smallest absolute Gasteiger partial charge is 0.328 e. The molecule has 1 aliphatic heterocycles. The molecular weight excluding hydrogens is 561 g/mol. The van der Waals surface area contributed by atoms with E-state index in [2.05, 4.69) is 10.6 Å². The number of anilines is 1. The van der Waals surface area contributed by atoms with Crippen LogP contribution in [-0.2, 0) is 32.1 Å². The number of carbonyl (C=O) groups is 3. The fourth-order valence-electron chi connectivity index (χ4n) is 4.27.